The molecule has 0 spiro atoms. The maximum absolute atomic E-state index is 11.6. The number of fused-ring (bicyclic) bond motifs is 2. The van der Waals surface area contributed by atoms with Crippen LogP contribution in [0.15, 0.2) is 62.0 Å². The summed E-state index contributed by atoms with van der Waals surface area (Å²) in [5.41, 5.74) is 4.95. The normalized spacial score (nSPS) is 18.8. The van der Waals surface area contributed by atoms with Gasteiger partial charge < -0.3 is 9.97 Å². The molecule has 14 nitrogen and oxygen atoms in total. The number of ketones is 2. The number of nitrogens with zero attached hydrogens (tertiary/aromatic N) is 10. The van der Waals surface area contributed by atoms with E-state index in [2.05, 4.69) is 52.2 Å². The van der Waals surface area contributed by atoms with Gasteiger partial charge in [0.05, 0.1) is 60.8 Å². The van der Waals surface area contributed by atoms with E-state index in [1.54, 1.807) is 12.4 Å². The molecule has 240 valence electrons. The fourth-order valence-electron chi connectivity index (χ4n) is 6.97. The molecule has 2 aliphatic rings. The molecule has 2 fully saturated rings. The van der Waals surface area contributed by atoms with Crippen molar-refractivity contribution in [1.82, 2.24) is 49.5 Å². The predicted octanol–water partition coefficient (Wildman–Crippen LogP) is 5.29. The molecule has 0 saturated heterocycles. The van der Waals surface area contributed by atoms with Crippen molar-refractivity contribution < 1.29 is 9.59 Å². The van der Waals surface area contributed by atoms with Crippen LogP contribution in [0.1, 0.15) is 63.5 Å². The smallest absolute Gasteiger partial charge is 0.141 e. The minimum Gasteiger partial charge on any atom is -0.346 e. The van der Waals surface area contributed by atoms with Crippen molar-refractivity contribution in [2.75, 3.05) is 0 Å². The average Bonchev–Trinajstić information content (AvgIpc) is 3.95. The van der Waals surface area contributed by atoms with Crippen LogP contribution in [0.3, 0.4) is 0 Å². The van der Waals surface area contributed by atoms with Crippen LogP contribution in [0, 0.1) is 34.5 Å². The highest BCUT2D eigenvalue weighted by atomic mass is 16.1. The fourth-order valence-corrected chi connectivity index (χ4v) is 6.97. The number of carbonyl (C=O) groups is 2. The highest BCUT2D eigenvalue weighted by molar-refractivity contribution is 5.91. The summed E-state index contributed by atoms with van der Waals surface area (Å²) in [6.45, 7) is 0. The molecular formula is C34H32N12O2. The van der Waals surface area contributed by atoms with Crippen LogP contribution < -0.4 is 0 Å². The number of hydrogen-bond donors (Lipinski definition) is 2. The number of carbonyl (C=O) groups excluding carboxylic acids is 2. The molecule has 0 aromatic carbocycles. The second-order valence-corrected chi connectivity index (χ2v) is 12.3. The van der Waals surface area contributed by atoms with Crippen molar-refractivity contribution in [2.24, 2.45) is 11.8 Å². The van der Waals surface area contributed by atoms with Gasteiger partial charge in [-0.25, -0.2) is 19.9 Å². The van der Waals surface area contributed by atoms with Crippen molar-refractivity contribution in [3.8, 4) is 34.7 Å². The van der Waals surface area contributed by atoms with Gasteiger partial charge in [0, 0.05) is 72.4 Å². The lowest BCUT2D eigenvalue weighted by Crippen LogP contribution is -2.18. The zero-order chi connectivity index (χ0) is 33.0. The van der Waals surface area contributed by atoms with Gasteiger partial charge in [-0.3, -0.25) is 19.0 Å². The molecule has 4 atom stereocenters. The minimum atomic E-state index is -0.0706. The minimum absolute atomic E-state index is 0.0706. The monoisotopic (exact) mass is 640 g/mol. The van der Waals surface area contributed by atoms with E-state index in [4.69, 9.17) is 10.5 Å². The van der Waals surface area contributed by atoms with E-state index in [0.717, 1.165) is 57.4 Å². The third kappa shape index (κ3) is 6.08. The Hall–Kier alpha value is -6.02. The molecule has 0 amide bonds. The van der Waals surface area contributed by atoms with Crippen molar-refractivity contribution in [3.05, 3.63) is 62.0 Å². The van der Waals surface area contributed by atoms with E-state index < -0.39 is 0 Å². The number of H-pyrrole nitrogens is 2. The molecule has 0 bridgehead atoms. The Balaban J connectivity index is 0.000000152. The van der Waals surface area contributed by atoms with Gasteiger partial charge in [-0.15, -0.1) is 0 Å². The summed E-state index contributed by atoms with van der Waals surface area (Å²) >= 11 is 0. The van der Waals surface area contributed by atoms with Gasteiger partial charge in [-0.05, 0) is 36.8 Å². The van der Waals surface area contributed by atoms with Gasteiger partial charge in [-0.1, -0.05) is 0 Å². The number of nitrogens with one attached hydrogen (secondary N) is 2. The van der Waals surface area contributed by atoms with Crippen molar-refractivity contribution in [3.63, 3.8) is 0 Å². The third-order valence-corrected chi connectivity index (χ3v) is 9.39. The maximum Gasteiger partial charge on any atom is 0.141 e. The molecule has 48 heavy (non-hydrogen) atoms. The predicted molar refractivity (Wildman–Crippen MR) is 173 cm³/mol. The van der Waals surface area contributed by atoms with Gasteiger partial charge in [0.1, 0.15) is 35.5 Å². The van der Waals surface area contributed by atoms with Crippen LogP contribution in [0.5, 0.6) is 0 Å². The Morgan fingerprint density at radius 2 is 1.19 bits per heavy atom. The van der Waals surface area contributed by atoms with E-state index >= 15 is 0 Å². The van der Waals surface area contributed by atoms with E-state index in [-0.39, 0.29) is 35.5 Å². The maximum atomic E-state index is 11.6. The van der Waals surface area contributed by atoms with Crippen LogP contribution in [-0.4, -0.2) is 61.0 Å². The quantitative estimate of drug-likeness (QED) is 0.220. The molecule has 6 aromatic rings. The van der Waals surface area contributed by atoms with Crippen molar-refractivity contribution >= 4 is 33.6 Å². The van der Waals surface area contributed by atoms with Crippen molar-refractivity contribution in [1.29, 1.82) is 10.5 Å². The van der Waals surface area contributed by atoms with Crippen LogP contribution in [0.2, 0.25) is 0 Å². The summed E-state index contributed by atoms with van der Waals surface area (Å²) in [5, 5.41) is 29.1. The molecule has 0 radical (unpaired) electrons. The zero-order valence-corrected chi connectivity index (χ0v) is 26.0. The summed E-state index contributed by atoms with van der Waals surface area (Å²) in [5.74, 6) is 0.922. The van der Waals surface area contributed by atoms with Gasteiger partial charge in [-0.2, -0.15) is 20.7 Å². The Kier molecular flexibility index (Phi) is 8.53. The highest BCUT2D eigenvalue weighted by Crippen LogP contribution is 2.36. The van der Waals surface area contributed by atoms with E-state index in [1.165, 1.54) is 12.7 Å². The second-order valence-electron chi connectivity index (χ2n) is 12.3. The number of nitriles is 2. The number of aromatic amines is 2. The van der Waals surface area contributed by atoms with E-state index in [9.17, 15) is 9.59 Å². The lowest BCUT2D eigenvalue weighted by molar-refractivity contribution is -0.118. The summed E-state index contributed by atoms with van der Waals surface area (Å²) in [4.78, 5) is 46.5. The summed E-state index contributed by atoms with van der Waals surface area (Å²) in [7, 11) is 0. The Bertz CT molecular complexity index is 2020. The molecule has 2 saturated carbocycles. The molecule has 6 heterocycles. The molecule has 14 heteroatoms. The molecule has 8 rings (SSSR count). The fraction of sp³-hybridized carbons (Fsp3) is 0.353. The number of rotatable bonds is 8. The van der Waals surface area contributed by atoms with Crippen molar-refractivity contribution in [2.45, 2.75) is 63.5 Å². The lowest BCUT2D eigenvalue weighted by Gasteiger charge is -2.20. The third-order valence-electron chi connectivity index (χ3n) is 9.39. The van der Waals surface area contributed by atoms with Gasteiger partial charge in [0.2, 0.25) is 0 Å². The first kappa shape index (κ1) is 30.6. The highest BCUT2D eigenvalue weighted by Gasteiger charge is 2.32. The number of Topliss-reactive ketones (excluding diaryl/α,β-unsaturated/α-hetero) is 2. The largest absolute Gasteiger partial charge is 0.346 e. The average molecular weight is 641 g/mol. The van der Waals surface area contributed by atoms with E-state index in [0.29, 0.717) is 38.5 Å². The Morgan fingerprint density at radius 3 is 1.58 bits per heavy atom. The molecule has 2 aliphatic carbocycles. The zero-order valence-electron chi connectivity index (χ0n) is 26.0. The molecular weight excluding hydrogens is 608 g/mol. The number of hydrogen-bond acceptors (Lipinski definition) is 10. The molecule has 0 aliphatic heterocycles. The van der Waals surface area contributed by atoms with Crippen LogP contribution in [0.25, 0.3) is 44.6 Å². The summed E-state index contributed by atoms with van der Waals surface area (Å²) in [6, 6.07) is 8.19. The first-order chi connectivity index (χ1) is 23.5. The first-order valence-corrected chi connectivity index (χ1v) is 15.9. The van der Waals surface area contributed by atoms with Crippen LogP contribution >= 0.6 is 0 Å². The Morgan fingerprint density at radius 1 is 0.729 bits per heavy atom. The SMILES string of the molecule is N#CCC([C@@H]1CCC(=O)C1)n1cc(-c2ncnc3[nH]ccc23)cn1.N#CCC([C@H]1CCC(=O)C1)n1cc(-c2ncnc3[nH]ccc23)cn1. The van der Waals surface area contributed by atoms with Crippen LogP contribution in [0.4, 0.5) is 0 Å². The van der Waals surface area contributed by atoms with Gasteiger partial charge in [0.15, 0.2) is 0 Å². The van der Waals surface area contributed by atoms with Gasteiger partial charge >= 0.3 is 0 Å². The Labute approximate surface area is 274 Å². The lowest BCUT2D eigenvalue weighted by atomic mass is 9.96. The molecule has 6 aromatic heterocycles. The van der Waals surface area contributed by atoms with Gasteiger partial charge in [0.25, 0.3) is 0 Å². The molecule has 2 unspecified atom stereocenters. The molecule has 2 N–H and O–H groups in total. The number of aromatic nitrogens is 10. The topological polar surface area (TPSA) is 200 Å². The second kappa shape index (κ2) is 13.4. The standard InChI is InChI=1S/2C17H16N6O/c2*18-5-3-15(11-1-2-13(24)7-11)23-9-12(8-22-23)16-14-4-6-19-17(14)21-10-20-16/h2*4,6,8-11,15H,1-3,7H2,(H,19,20,21)/t2*11-,15?/m10/s1. The summed E-state index contributed by atoms with van der Waals surface area (Å²) < 4.78 is 3.64. The summed E-state index contributed by atoms with van der Waals surface area (Å²) in [6.07, 6.45) is 18.7. The first-order valence-electron chi connectivity index (χ1n) is 15.9. The van der Waals surface area contributed by atoms with E-state index in [1.807, 2.05) is 46.3 Å². The van der Waals surface area contributed by atoms with Crippen LogP contribution in [-0.2, 0) is 9.59 Å².